The molecule has 3 rings (SSSR count). The largest absolute Gasteiger partial charge is 0.466 e. The second kappa shape index (κ2) is 2.87. The maximum absolute atomic E-state index is 11.4. The van der Waals surface area contributed by atoms with Crippen molar-refractivity contribution in [1.82, 2.24) is 0 Å². The van der Waals surface area contributed by atoms with Gasteiger partial charge in [-0.1, -0.05) is 11.6 Å². The van der Waals surface area contributed by atoms with Gasteiger partial charge in [0.15, 0.2) is 5.60 Å². The molecule has 3 aliphatic rings. The molecule has 0 aromatic carbocycles. The van der Waals surface area contributed by atoms with Gasteiger partial charge in [-0.2, -0.15) is 0 Å². The van der Waals surface area contributed by atoms with Gasteiger partial charge < -0.3 is 14.2 Å². The molecule has 1 saturated carbocycles. The molecule has 4 nitrogen and oxygen atoms in total. The van der Waals surface area contributed by atoms with E-state index in [0.29, 0.717) is 12.5 Å². The van der Waals surface area contributed by atoms with Crippen LogP contribution in [0.3, 0.4) is 0 Å². The van der Waals surface area contributed by atoms with Crippen LogP contribution in [0.25, 0.3) is 0 Å². The first-order valence-corrected chi connectivity index (χ1v) is 5.58. The molecule has 2 aliphatic heterocycles. The molecule has 0 radical (unpaired) electrons. The quantitative estimate of drug-likeness (QED) is 0.406. The summed E-state index contributed by atoms with van der Waals surface area (Å²) in [7, 11) is 1.32. The summed E-state index contributed by atoms with van der Waals surface area (Å²) in [6, 6.07) is 0. The monoisotopic (exact) mass is 232 g/mol. The van der Waals surface area contributed by atoms with E-state index in [4.69, 9.17) is 21.1 Å². The molecule has 0 amide bonds. The van der Waals surface area contributed by atoms with Crippen molar-refractivity contribution in [2.24, 2.45) is 5.92 Å². The lowest BCUT2D eigenvalue weighted by Gasteiger charge is -2.06. The third-order valence-corrected chi connectivity index (χ3v) is 4.11. The Hall–Kier alpha value is -0.320. The maximum Gasteiger partial charge on any atom is 0.357 e. The van der Waals surface area contributed by atoms with Gasteiger partial charge in [0.1, 0.15) is 0 Å². The molecule has 0 aromatic heterocycles. The van der Waals surface area contributed by atoms with E-state index in [2.05, 4.69) is 4.74 Å². The summed E-state index contributed by atoms with van der Waals surface area (Å²) in [4.78, 5) is 11.4. The average Bonchev–Trinajstić information content (AvgIpc) is 3.10. The zero-order valence-corrected chi connectivity index (χ0v) is 9.25. The van der Waals surface area contributed by atoms with Gasteiger partial charge in [0.25, 0.3) is 5.06 Å². The Labute approximate surface area is 92.8 Å². The Morgan fingerprint density at radius 3 is 2.87 bits per heavy atom. The van der Waals surface area contributed by atoms with Crippen molar-refractivity contribution in [3.63, 3.8) is 0 Å². The number of carbonyl (C=O) groups excluding carboxylic acids is 1. The highest BCUT2D eigenvalue weighted by Gasteiger charge is 2.78. The number of halogens is 1. The van der Waals surface area contributed by atoms with E-state index in [9.17, 15) is 4.79 Å². The topological polar surface area (TPSA) is 48.1 Å². The minimum Gasteiger partial charge on any atom is -0.466 e. The lowest BCUT2D eigenvalue weighted by atomic mass is 9.99. The van der Waals surface area contributed by atoms with Crippen LogP contribution in [0, 0.1) is 5.92 Å². The van der Waals surface area contributed by atoms with Crippen LogP contribution in [0.5, 0.6) is 0 Å². The van der Waals surface area contributed by atoms with E-state index in [1.165, 1.54) is 20.0 Å². The second-order valence-corrected chi connectivity index (χ2v) is 5.11. The first-order chi connectivity index (χ1) is 7.11. The fraction of sp³-hybridized carbons (Fsp3) is 0.900. The maximum atomic E-state index is 11.4. The van der Waals surface area contributed by atoms with E-state index >= 15 is 0 Å². The normalized spacial score (nSPS) is 48.3. The molecular formula is C10H13ClO4. The molecule has 84 valence electrons. The van der Waals surface area contributed by atoms with Crippen LogP contribution in [0.4, 0.5) is 0 Å². The van der Waals surface area contributed by atoms with Crippen molar-refractivity contribution >= 4 is 17.6 Å². The van der Waals surface area contributed by atoms with Gasteiger partial charge in [-0.25, -0.2) is 4.79 Å². The summed E-state index contributed by atoms with van der Waals surface area (Å²) in [6.45, 7) is 0.409. The molecule has 5 heteroatoms. The molecule has 3 fully saturated rings. The summed E-state index contributed by atoms with van der Waals surface area (Å²) >= 11 is 6.07. The van der Waals surface area contributed by atoms with Crippen molar-refractivity contribution in [1.29, 1.82) is 0 Å². The molecule has 0 bridgehead atoms. The summed E-state index contributed by atoms with van der Waals surface area (Å²) < 4.78 is 15.6. The van der Waals surface area contributed by atoms with Crippen molar-refractivity contribution in [3.05, 3.63) is 0 Å². The third-order valence-electron chi connectivity index (χ3n) is 3.54. The van der Waals surface area contributed by atoms with Crippen LogP contribution in [0.2, 0.25) is 0 Å². The Morgan fingerprint density at radius 2 is 2.27 bits per heavy atom. The standard InChI is InChI=1S/C10H13ClO4/c1-13-8(12)10(11)9(15-10)4-7(14-5-9)6-2-3-6/h6-7H,2-5H2,1H3. The summed E-state index contributed by atoms with van der Waals surface area (Å²) in [6.07, 6.45) is 3.37. The van der Waals surface area contributed by atoms with Crippen molar-refractivity contribution in [2.45, 2.75) is 36.0 Å². The zero-order chi connectivity index (χ0) is 10.7. The number of epoxide rings is 1. The van der Waals surface area contributed by atoms with E-state index in [-0.39, 0.29) is 6.10 Å². The van der Waals surface area contributed by atoms with Gasteiger partial charge in [0.2, 0.25) is 0 Å². The molecule has 1 spiro atoms. The van der Waals surface area contributed by atoms with Crippen LogP contribution in [0.1, 0.15) is 19.3 Å². The number of rotatable bonds is 2. The number of alkyl halides is 1. The average molecular weight is 233 g/mol. The number of hydrogen-bond acceptors (Lipinski definition) is 4. The van der Waals surface area contributed by atoms with Crippen LogP contribution < -0.4 is 0 Å². The number of ether oxygens (including phenoxy) is 3. The van der Waals surface area contributed by atoms with Gasteiger partial charge in [0, 0.05) is 6.42 Å². The Kier molecular flexibility index (Phi) is 1.89. The predicted molar refractivity (Wildman–Crippen MR) is 51.5 cm³/mol. The van der Waals surface area contributed by atoms with Crippen LogP contribution in [-0.2, 0) is 19.0 Å². The van der Waals surface area contributed by atoms with Gasteiger partial charge >= 0.3 is 5.97 Å². The Balaban J connectivity index is 1.71. The summed E-state index contributed by atoms with van der Waals surface area (Å²) in [5.74, 6) is 0.136. The van der Waals surface area contributed by atoms with Gasteiger partial charge in [-0.05, 0) is 18.8 Å². The second-order valence-electron chi connectivity index (χ2n) is 4.57. The molecule has 3 unspecified atom stereocenters. The summed E-state index contributed by atoms with van der Waals surface area (Å²) in [5.41, 5.74) is -0.616. The number of esters is 1. The molecule has 0 aromatic rings. The molecule has 15 heavy (non-hydrogen) atoms. The van der Waals surface area contributed by atoms with Crippen LogP contribution in [-0.4, -0.2) is 36.5 Å². The minimum absolute atomic E-state index is 0.218. The van der Waals surface area contributed by atoms with E-state index in [0.717, 1.165) is 6.42 Å². The van der Waals surface area contributed by atoms with Crippen molar-refractivity contribution in [2.75, 3.05) is 13.7 Å². The van der Waals surface area contributed by atoms with Gasteiger partial charge in [-0.3, -0.25) is 0 Å². The lowest BCUT2D eigenvalue weighted by molar-refractivity contribution is -0.143. The van der Waals surface area contributed by atoms with Gasteiger partial charge in [-0.15, -0.1) is 0 Å². The van der Waals surface area contributed by atoms with E-state index < -0.39 is 16.6 Å². The molecular weight excluding hydrogens is 220 g/mol. The first-order valence-electron chi connectivity index (χ1n) is 5.20. The summed E-state index contributed by atoms with van der Waals surface area (Å²) in [5, 5.41) is -1.29. The highest BCUT2D eigenvalue weighted by molar-refractivity contribution is 6.36. The molecule has 0 N–H and O–H groups in total. The number of carbonyl (C=O) groups is 1. The van der Waals surface area contributed by atoms with Crippen LogP contribution in [0.15, 0.2) is 0 Å². The van der Waals surface area contributed by atoms with Crippen LogP contribution >= 0.6 is 11.6 Å². The Morgan fingerprint density at radius 1 is 1.53 bits per heavy atom. The highest BCUT2D eigenvalue weighted by atomic mass is 35.5. The lowest BCUT2D eigenvalue weighted by Crippen LogP contribution is -2.30. The fourth-order valence-corrected chi connectivity index (χ4v) is 2.71. The number of methoxy groups -OCH3 is 1. The number of hydrogen-bond donors (Lipinski definition) is 0. The van der Waals surface area contributed by atoms with E-state index in [1.54, 1.807) is 0 Å². The first kappa shape index (κ1) is 9.87. The Bertz CT molecular complexity index is 317. The third kappa shape index (κ3) is 1.25. The zero-order valence-electron chi connectivity index (χ0n) is 8.49. The van der Waals surface area contributed by atoms with Crippen molar-refractivity contribution in [3.8, 4) is 0 Å². The van der Waals surface area contributed by atoms with Gasteiger partial charge in [0.05, 0.1) is 19.8 Å². The van der Waals surface area contributed by atoms with E-state index in [1.807, 2.05) is 0 Å². The predicted octanol–water partition coefficient (Wildman–Crippen LogP) is 1.06. The SMILES string of the molecule is COC(=O)C1(Cl)OC12COC(C1CC1)C2. The molecule has 1 aliphatic carbocycles. The highest BCUT2D eigenvalue weighted by Crippen LogP contribution is 2.60. The molecule has 2 heterocycles. The smallest absolute Gasteiger partial charge is 0.357 e. The fourth-order valence-electron chi connectivity index (χ4n) is 2.35. The minimum atomic E-state index is -1.29. The molecule has 3 atom stereocenters. The molecule has 2 saturated heterocycles. The van der Waals surface area contributed by atoms with Crippen molar-refractivity contribution < 1.29 is 19.0 Å².